The lowest BCUT2D eigenvalue weighted by Crippen LogP contribution is -2.25. The Labute approximate surface area is 162 Å². The first-order valence-electron chi connectivity index (χ1n) is 9.27. The van der Waals surface area contributed by atoms with E-state index in [1.54, 1.807) is 4.57 Å². The molecule has 2 heterocycles. The fourth-order valence-electron chi connectivity index (χ4n) is 3.77. The van der Waals surface area contributed by atoms with Crippen LogP contribution in [0.5, 0.6) is 0 Å². The third-order valence-electron chi connectivity index (χ3n) is 5.11. The van der Waals surface area contributed by atoms with Crippen LogP contribution in [-0.4, -0.2) is 26.6 Å². The third-order valence-corrected chi connectivity index (χ3v) is 5.11. The van der Waals surface area contributed by atoms with Crippen molar-refractivity contribution in [1.82, 2.24) is 14.1 Å². The second kappa shape index (κ2) is 7.32. The number of hydrogen-bond acceptors (Lipinski definition) is 3. The van der Waals surface area contributed by atoms with Gasteiger partial charge in [-0.2, -0.15) is 0 Å². The molecule has 2 aromatic carbocycles. The first kappa shape index (κ1) is 18.0. The fourth-order valence-corrected chi connectivity index (χ4v) is 3.77. The molecule has 0 unspecified atom stereocenters. The van der Waals surface area contributed by atoms with Crippen LogP contribution in [-0.2, 0) is 13.0 Å². The molecule has 0 atom stereocenters. The maximum absolute atomic E-state index is 13.5. The van der Waals surface area contributed by atoms with Gasteiger partial charge in [0.25, 0.3) is 5.91 Å². The van der Waals surface area contributed by atoms with Crippen molar-refractivity contribution in [2.45, 2.75) is 19.9 Å². The molecule has 4 aromatic rings. The number of aromatic nitrogens is 3. The quantitative estimate of drug-likeness (QED) is 0.563. The number of imidazole rings is 1. The fraction of sp³-hybridized carbons (Fsp3) is 0.182. The van der Waals surface area contributed by atoms with Crippen molar-refractivity contribution in [3.63, 3.8) is 0 Å². The van der Waals surface area contributed by atoms with Gasteiger partial charge in [-0.3, -0.25) is 13.9 Å². The summed E-state index contributed by atoms with van der Waals surface area (Å²) in [7, 11) is 0. The van der Waals surface area contributed by atoms with Gasteiger partial charge >= 0.3 is 5.69 Å². The second-order valence-electron chi connectivity index (χ2n) is 6.81. The van der Waals surface area contributed by atoms with Crippen molar-refractivity contribution >= 4 is 16.8 Å². The summed E-state index contributed by atoms with van der Waals surface area (Å²) in [5, 5.41) is 1.02. The van der Waals surface area contributed by atoms with E-state index in [0.717, 1.165) is 27.7 Å². The number of nitrogens with one attached hydrogen (secondary N) is 1. The van der Waals surface area contributed by atoms with Crippen molar-refractivity contribution in [3.8, 4) is 0 Å². The Morgan fingerprint density at radius 3 is 2.54 bits per heavy atom. The molecule has 0 saturated carbocycles. The van der Waals surface area contributed by atoms with Crippen LogP contribution in [0.25, 0.3) is 10.9 Å². The number of rotatable bonds is 5. The third kappa shape index (κ3) is 2.97. The van der Waals surface area contributed by atoms with E-state index in [4.69, 9.17) is 5.73 Å². The molecule has 0 fully saturated rings. The number of hydrogen-bond donors (Lipinski definition) is 2. The minimum absolute atomic E-state index is 0.230. The highest BCUT2D eigenvalue weighted by atomic mass is 16.2. The van der Waals surface area contributed by atoms with Crippen LogP contribution in [0.3, 0.4) is 0 Å². The van der Waals surface area contributed by atoms with Crippen molar-refractivity contribution < 1.29 is 4.79 Å². The number of fused-ring (bicyclic) bond motifs is 1. The summed E-state index contributed by atoms with van der Waals surface area (Å²) in [6.07, 6.45) is 2.18. The van der Waals surface area contributed by atoms with Crippen LogP contribution in [0.1, 0.15) is 27.3 Å². The van der Waals surface area contributed by atoms with Crippen molar-refractivity contribution in [2.75, 3.05) is 6.54 Å². The Balaban J connectivity index is 1.84. The maximum atomic E-state index is 13.5. The van der Waals surface area contributed by atoms with Gasteiger partial charge in [0.2, 0.25) is 0 Å². The van der Waals surface area contributed by atoms with Crippen molar-refractivity contribution in [1.29, 1.82) is 0 Å². The summed E-state index contributed by atoms with van der Waals surface area (Å²) >= 11 is 0. The maximum Gasteiger partial charge on any atom is 0.326 e. The molecule has 4 rings (SSSR count). The highest BCUT2D eigenvalue weighted by Crippen LogP contribution is 2.27. The Hall–Kier alpha value is -3.38. The SMILES string of the molecule is Cc1c(CCN)c2ccccc2n1C(=O)c1c[nH]c(=O)n1Cc1ccccc1. The monoisotopic (exact) mass is 374 g/mol. The zero-order chi connectivity index (χ0) is 19.7. The van der Waals surface area contributed by atoms with Crippen LogP contribution in [0.15, 0.2) is 65.6 Å². The molecule has 2 aromatic heterocycles. The van der Waals surface area contributed by atoms with Crippen LogP contribution in [0.4, 0.5) is 0 Å². The summed E-state index contributed by atoms with van der Waals surface area (Å²) in [6.45, 7) is 2.76. The van der Waals surface area contributed by atoms with Crippen molar-refractivity contribution in [3.05, 3.63) is 93.8 Å². The molecular formula is C22H22N4O2. The van der Waals surface area contributed by atoms with Gasteiger partial charge in [0.1, 0.15) is 5.69 Å². The van der Waals surface area contributed by atoms with E-state index in [2.05, 4.69) is 4.98 Å². The van der Waals surface area contributed by atoms with Crippen LogP contribution < -0.4 is 11.4 Å². The van der Waals surface area contributed by atoms with Gasteiger partial charge in [-0.25, -0.2) is 4.79 Å². The molecule has 6 heteroatoms. The molecule has 28 heavy (non-hydrogen) atoms. The van der Waals surface area contributed by atoms with E-state index in [1.165, 1.54) is 10.8 Å². The topological polar surface area (TPSA) is 85.8 Å². The Bertz CT molecular complexity index is 1200. The first-order valence-corrected chi connectivity index (χ1v) is 9.27. The average Bonchev–Trinajstić information content (AvgIpc) is 3.21. The highest BCUT2D eigenvalue weighted by molar-refractivity contribution is 6.03. The number of H-pyrrole nitrogens is 1. The first-order chi connectivity index (χ1) is 13.6. The summed E-state index contributed by atoms with van der Waals surface area (Å²) in [4.78, 5) is 28.5. The number of carbonyl (C=O) groups excluding carboxylic acids is 1. The van der Waals surface area contributed by atoms with Crippen LogP contribution in [0, 0.1) is 6.92 Å². The van der Waals surface area contributed by atoms with Gasteiger partial charge in [-0.1, -0.05) is 48.5 Å². The minimum Gasteiger partial charge on any atom is -0.330 e. The lowest BCUT2D eigenvalue weighted by Gasteiger charge is -2.10. The zero-order valence-corrected chi connectivity index (χ0v) is 15.7. The highest BCUT2D eigenvalue weighted by Gasteiger charge is 2.22. The lowest BCUT2D eigenvalue weighted by molar-refractivity contribution is 0.0954. The van der Waals surface area contributed by atoms with Crippen molar-refractivity contribution in [2.24, 2.45) is 5.73 Å². The van der Waals surface area contributed by atoms with Gasteiger partial charge in [-0.05, 0) is 37.1 Å². The molecule has 6 nitrogen and oxygen atoms in total. The molecule has 142 valence electrons. The molecule has 0 aliphatic rings. The molecule has 3 N–H and O–H groups in total. The van der Waals surface area contributed by atoms with Crippen LogP contribution in [0.2, 0.25) is 0 Å². The predicted octanol–water partition coefficient (Wildman–Crippen LogP) is 2.68. The van der Waals surface area contributed by atoms with E-state index in [9.17, 15) is 9.59 Å². The molecule has 0 aliphatic heterocycles. The van der Waals surface area contributed by atoms with Gasteiger partial charge in [0, 0.05) is 17.3 Å². The summed E-state index contributed by atoms with van der Waals surface area (Å²) in [5.41, 5.74) is 9.52. The van der Waals surface area contributed by atoms with E-state index >= 15 is 0 Å². The predicted molar refractivity (Wildman–Crippen MR) is 110 cm³/mol. The molecule has 0 radical (unpaired) electrons. The number of benzene rings is 2. The van der Waals surface area contributed by atoms with E-state index < -0.39 is 0 Å². The van der Waals surface area contributed by atoms with E-state index in [1.807, 2.05) is 61.5 Å². The van der Waals surface area contributed by atoms with Crippen LogP contribution >= 0.6 is 0 Å². The summed E-state index contributed by atoms with van der Waals surface area (Å²) in [5.74, 6) is -0.230. The largest absolute Gasteiger partial charge is 0.330 e. The molecule has 0 aliphatic carbocycles. The standard InChI is InChI=1S/C22H22N4O2/c1-15-17(11-12-23)18-9-5-6-10-19(18)26(15)21(27)20-13-24-22(28)25(20)14-16-7-3-2-4-8-16/h2-10,13H,11-12,14,23H2,1H3,(H,24,28). The lowest BCUT2D eigenvalue weighted by atomic mass is 10.1. The molecule has 0 bridgehead atoms. The molecule has 0 saturated heterocycles. The van der Waals surface area contributed by atoms with Gasteiger partial charge in [0.15, 0.2) is 0 Å². The molecule has 0 spiro atoms. The molecule has 0 amide bonds. The number of carbonyl (C=O) groups is 1. The minimum atomic E-state index is -0.302. The smallest absolute Gasteiger partial charge is 0.326 e. The molecular weight excluding hydrogens is 352 g/mol. The Morgan fingerprint density at radius 1 is 1.07 bits per heavy atom. The Morgan fingerprint density at radius 2 is 1.79 bits per heavy atom. The van der Waals surface area contributed by atoms with E-state index in [-0.39, 0.29) is 11.6 Å². The number of aromatic amines is 1. The second-order valence-corrected chi connectivity index (χ2v) is 6.81. The number of para-hydroxylation sites is 1. The normalized spacial score (nSPS) is 11.2. The summed E-state index contributed by atoms with van der Waals surface area (Å²) < 4.78 is 3.17. The van der Waals surface area contributed by atoms with Gasteiger partial charge in [0.05, 0.1) is 12.1 Å². The zero-order valence-electron chi connectivity index (χ0n) is 15.7. The van der Waals surface area contributed by atoms with Gasteiger partial charge < -0.3 is 10.7 Å². The summed E-state index contributed by atoms with van der Waals surface area (Å²) in [6, 6.07) is 17.4. The average molecular weight is 374 g/mol. The Kier molecular flexibility index (Phi) is 4.71. The van der Waals surface area contributed by atoms with Gasteiger partial charge in [-0.15, -0.1) is 0 Å². The van der Waals surface area contributed by atoms with E-state index in [0.29, 0.717) is 25.2 Å². The number of nitrogens with zero attached hydrogens (tertiary/aromatic N) is 2. The number of nitrogens with two attached hydrogens (primary N) is 1.